The van der Waals surface area contributed by atoms with Crippen LogP contribution in [-0.4, -0.2) is 48.8 Å². The number of unbranched alkanes of at least 4 members (excludes halogenated alkanes) is 3. The fourth-order valence-corrected chi connectivity index (χ4v) is 1.96. The van der Waals surface area contributed by atoms with Gasteiger partial charge in [-0.15, -0.1) is 0 Å². The molecule has 0 bridgehead atoms. The van der Waals surface area contributed by atoms with Gasteiger partial charge in [0.25, 0.3) is 0 Å². The molecule has 0 aromatic rings. The van der Waals surface area contributed by atoms with Crippen LogP contribution in [0.1, 0.15) is 79.6 Å². The topological polar surface area (TPSA) is 58.9 Å². The van der Waals surface area contributed by atoms with Crippen LogP contribution in [0.15, 0.2) is 0 Å². The van der Waals surface area contributed by atoms with Gasteiger partial charge in [-0.1, -0.05) is 52.9 Å². The maximum Gasteiger partial charge on any atom is 0.0779 e. The van der Waals surface area contributed by atoms with E-state index in [1.165, 1.54) is 44.9 Å². The van der Waals surface area contributed by atoms with Crippen LogP contribution in [0.25, 0.3) is 0 Å². The average Bonchev–Trinajstić information content (AvgIpc) is 2.55. The second-order valence-corrected chi connectivity index (χ2v) is 6.37. The van der Waals surface area contributed by atoms with Gasteiger partial charge in [-0.25, -0.2) is 0 Å². The Hall–Kier alpha value is -0.160. The number of hydrogen-bond donors (Lipinski definition) is 2. The molecule has 3 unspecified atom stereocenters. The molecule has 0 heterocycles. The van der Waals surface area contributed by atoms with Gasteiger partial charge in [0.15, 0.2) is 0 Å². The number of aliphatic hydroxyl groups excluding tert-OH is 2. The third kappa shape index (κ3) is 21.8. The van der Waals surface area contributed by atoms with Gasteiger partial charge in [-0.2, -0.15) is 0 Å². The first kappa shape index (κ1) is 25.1. The van der Waals surface area contributed by atoms with Gasteiger partial charge < -0.3 is 19.7 Å². The van der Waals surface area contributed by atoms with E-state index in [1.54, 1.807) is 13.8 Å². The molecule has 0 aliphatic rings. The lowest BCUT2D eigenvalue weighted by atomic mass is 10.0. The van der Waals surface area contributed by atoms with E-state index < -0.39 is 6.10 Å². The molecule has 0 saturated heterocycles. The summed E-state index contributed by atoms with van der Waals surface area (Å²) in [6.07, 6.45) is 8.51. The minimum Gasteiger partial charge on any atom is -0.394 e. The van der Waals surface area contributed by atoms with Gasteiger partial charge in [0.1, 0.15) is 0 Å². The van der Waals surface area contributed by atoms with Crippen molar-refractivity contribution in [3.8, 4) is 0 Å². The summed E-state index contributed by atoms with van der Waals surface area (Å²) in [5.41, 5.74) is 0. The van der Waals surface area contributed by atoms with Crippen LogP contribution in [0, 0.1) is 5.92 Å². The first-order valence-electron chi connectivity index (χ1n) is 9.49. The van der Waals surface area contributed by atoms with E-state index in [4.69, 9.17) is 19.7 Å². The second-order valence-electron chi connectivity index (χ2n) is 6.37. The van der Waals surface area contributed by atoms with Crippen molar-refractivity contribution in [1.82, 2.24) is 0 Å². The lowest BCUT2D eigenvalue weighted by Gasteiger charge is -2.14. The Morgan fingerprint density at radius 2 is 1.57 bits per heavy atom. The zero-order valence-electron chi connectivity index (χ0n) is 16.2. The summed E-state index contributed by atoms with van der Waals surface area (Å²) in [5, 5.41) is 17.1. The Balaban J connectivity index is 0. The molecular formula is C19H42O4. The molecule has 0 radical (unpaired) electrons. The maximum absolute atomic E-state index is 8.69. The summed E-state index contributed by atoms with van der Waals surface area (Å²) in [4.78, 5) is 0. The highest BCUT2D eigenvalue weighted by Gasteiger charge is 2.05. The fraction of sp³-hybridized carbons (Fsp3) is 1.00. The highest BCUT2D eigenvalue weighted by atomic mass is 16.5. The van der Waals surface area contributed by atoms with Crippen LogP contribution in [0.5, 0.6) is 0 Å². The Bertz CT molecular complexity index is 210. The molecule has 3 atom stereocenters. The maximum atomic E-state index is 8.69. The monoisotopic (exact) mass is 334 g/mol. The summed E-state index contributed by atoms with van der Waals surface area (Å²) < 4.78 is 10.6. The van der Waals surface area contributed by atoms with Crippen LogP contribution in [0.2, 0.25) is 0 Å². The number of rotatable bonds is 14. The van der Waals surface area contributed by atoms with Gasteiger partial charge in [-0.05, 0) is 32.6 Å². The van der Waals surface area contributed by atoms with Gasteiger partial charge in [-0.3, -0.25) is 0 Å². The molecule has 0 spiro atoms. The molecule has 0 amide bonds. The van der Waals surface area contributed by atoms with Gasteiger partial charge in [0, 0.05) is 13.2 Å². The molecule has 2 N–H and O–H groups in total. The highest BCUT2D eigenvalue weighted by Crippen LogP contribution is 2.13. The van der Waals surface area contributed by atoms with Crippen LogP contribution in [-0.2, 0) is 9.47 Å². The number of ether oxygens (including phenoxy) is 2. The molecule has 0 aromatic carbocycles. The molecule has 4 nitrogen and oxygen atoms in total. The molecule has 4 heteroatoms. The van der Waals surface area contributed by atoms with Crippen LogP contribution in [0.3, 0.4) is 0 Å². The summed E-state index contributed by atoms with van der Waals surface area (Å²) in [5.74, 6) is 0.802. The third-order valence-corrected chi connectivity index (χ3v) is 3.67. The van der Waals surface area contributed by atoms with Crippen molar-refractivity contribution in [2.24, 2.45) is 5.92 Å². The van der Waals surface area contributed by atoms with Crippen molar-refractivity contribution in [2.75, 3.05) is 26.4 Å². The number of aliphatic hydroxyl groups is 2. The lowest BCUT2D eigenvalue weighted by Crippen LogP contribution is -2.19. The summed E-state index contributed by atoms with van der Waals surface area (Å²) in [6.45, 7) is 12.4. The van der Waals surface area contributed by atoms with E-state index >= 15 is 0 Å². The normalized spacial score (nSPS) is 14.7. The van der Waals surface area contributed by atoms with Crippen molar-refractivity contribution in [3.05, 3.63) is 0 Å². The molecule has 0 rings (SSSR count). The SMILES string of the molecule is CC(O)COC(C)CO.CCCCCOCC(CC)CCCC. The van der Waals surface area contributed by atoms with E-state index in [2.05, 4.69) is 20.8 Å². The van der Waals surface area contributed by atoms with Gasteiger partial charge in [0.2, 0.25) is 0 Å². The Labute approximate surface area is 144 Å². The summed E-state index contributed by atoms with van der Waals surface area (Å²) >= 11 is 0. The summed E-state index contributed by atoms with van der Waals surface area (Å²) in [7, 11) is 0. The van der Waals surface area contributed by atoms with E-state index in [1.807, 2.05) is 0 Å². The van der Waals surface area contributed by atoms with E-state index in [-0.39, 0.29) is 12.7 Å². The highest BCUT2D eigenvalue weighted by molar-refractivity contribution is 4.55. The molecule has 142 valence electrons. The van der Waals surface area contributed by atoms with Crippen molar-refractivity contribution in [3.63, 3.8) is 0 Å². The van der Waals surface area contributed by atoms with Crippen LogP contribution >= 0.6 is 0 Å². The zero-order valence-corrected chi connectivity index (χ0v) is 16.2. The predicted octanol–water partition coefficient (Wildman–Crippen LogP) is 4.17. The number of hydrogen-bond acceptors (Lipinski definition) is 4. The van der Waals surface area contributed by atoms with Crippen LogP contribution in [0.4, 0.5) is 0 Å². The first-order valence-corrected chi connectivity index (χ1v) is 9.49. The molecule has 0 aromatic heterocycles. The zero-order chi connectivity index (χ0) is 17.9. The Morgan fingerprint density at radius 1 is 0.913 bits per heavy atom. The van der Waals surface area contributed by atoms with Crippen molar-refractivity contribution in [2.45, 2.75) is 91.8 Å². The predicted molar refractivity (Wildman–Crippen MR) is 97.8 cm³/mol. The first-order chi connectivity index (χ1) is 11.0. The molecule has 0 aliphatic carbocycles. The average molecular weight is 335 g/mol. The minimum atomic E-state index is -0.445. The molecule has 0 fully saturated rings. The van der Waals surface area contributed by atoms with Gasteiger partial charge in [0.05, 0.1) is 25.4 Å². The summed E-state index contributed by atoms with van der Waals surface area (Å²) in [6, 6.07) is 0. The standard InChI is InChI=1S/C13H28O.C6H14O3/c1-4-7-9-11-14-12-13(6-3)10-8-5-2;1-5(8)4-9-6(2)3-7/h13H,4-12H2,1-3H3;5-8H,3-4H2,1-2H3. The van der Waals surface area contributed by atoms with Crippen molar-refractivity contribution < 1.29 is 19.7 Å². The van der Waals surface area contributed by atoms with Crippen molar-refractivity contribution in [1.29, 1.82) is 0 Å². The van der Waals surface area contributed by atoms with E-state index in [0.29, 0.717) is 6.61 Å². The Morgan fingerprint density at radius 3 is 2.04 bits per heavy atom. The fourth-order valence-electron chi connectivity index (χ4n) is 1.96. The van der Waals surface area contributed by atoms with Gasteiger partial charge >= 0.3 is 0 Å². The molecule has 0 aliphatic heterocycles. The smallest absolute Gasteiger partial charge is 0.0779 e. The third-order valence-electron chi connectivity index (χ3n) is 3.67. The second kappa shape index (κ2) is 19.9. The molecule has 23 heavy (non-hydrogen) atoms. The Kier molecular flexibility index (Phi) is 21.7. The lowest BCUT2D eigenvalue weighted by molar-refractivity contribution is -0.0177. The minimum absolute atomic E-state index is 0.00667. The quantitative estimate of drug-likeness (QED) is 0.468. The molecule has 0 saturated carbocycles. The van der Waals surface area contributed by atoms with Crippen molar-refractivity contribution >= 4 is 0 Å². The molecular weight excluding hydrogens is 292 g/mol. The van der Waals surface area contributed by atoms with E-state index in [9.17, 15) is 0 Å². The van der Waals surface area contributed by atoms with Crippen LogP contribution < -0.4 is 0 Å². The largest absolute Gasteiger partial charge is 0.394 e. The van der Waals surface area contributed by atoms with E-state index in [0.717, 1.165) is 19.1 Å².